The van der Waals surface area contributed by atoms with Gasteiger partial charge in [-0.2, -0.15) is 18.8 Å². The summed E-state index contributed by atoms with van der Waals surface area (Å²) in [5, 5.41) is 15.4. The number of rotatable bonds is 4. The zero-order valence-electron chi connectivity index (χ0n) is 18.9. The van der Waals surface area contributed by atoms with Crippen LogP contribution in [0.1, 0.15) is 29.8 Å². The topological polar surface area (TPSA) is 70.7 Å². The first kappa shape index (κ1) is 23.1. The predicted octanol–water partition coefficient (Wildman–Crippen LogP) is 6.00. The van der Waals surface area contributed by atoms with Gasteiger partial charge in [0, 0.05) is 28.7 Å². The second-order valence-corrected chi connectivity index (χ2v) is 8.16. The normalized spacial score (nSPS) is 11.6. The van der Waals surface area contributed by atoms with Gasteiger partial charge in [-0.25, -0.2) is 0 Å². The van der Waals surface area contributed by atoms with E-state index < -0.39 is 0 Å². The van der Waals surface area contributed by atoms with Crippen LogP contribution in [0.25, 0.3) is 27.4 Å². The third-order valence-corrected chi connectivity index (χ3v) is 5.97. The molecule has 2 heterocycles. The van der Waals surface area contributed by atoms with Gasteiger partial charge in [-0.3, -0.25) is 14.3 Å². The van der Waals surface area contributed by atoms with E-state index in [9.17, 15) is 10.1 Å². The van der Waals surface area contributed by atoms with Crippen LogP contribution in [0, 0.1) is 18.3 Å². The summed E-state index contributed by atoms with van der Waals surface area (Å²) >= 11 is 0. The highest BCUT2D eigenvalue weighted by atomic mass is 32.1. The number of benzene rings is 3. The number of nitrogens with zero attached hydrogens (tertiary/aromatic N) is 3. The molecule has 5 aromatic rings. The fourth-order valence-corrected chi connectivity index (χ4v) is 4.36. The fourth-order valence-electron chi connectivity index (χ4n) is 4.36. The molecule has 0 saturated carbocycles. The lowest BCUT2D eigenvalue weighted by Crippen LogP contribution is -2.26. The molecule has 0 unspecified atom stereocenters. The van der Waals surface area contributed by atoms with Gasteiger partial charge in [0.25, 0.3) is 5.56 Å². The van der Waals surface area contributed by atoms with Gasteiger partial charge in [0.15, 0.2) is 0 Å². The Morgan fingerprint density at radius 2 is 1.76 bits per heavy atom. The molecule has 0 spiro atoms. The Bertz CT molecular complexity index is 1600. The monoisotopic (exact) mass is 464 g/mol. The highest BCUT2D eigenvalue weighted by Gasteiger charge is 2.18. The summed E-state index contributed by atoms with van der Waals surface area (Å²) in [7, 11) is 0. The van der Waals surface area contributed by atoms with Crippen molar-refractivity contribution in [2.24, 2.45) is 0 Å². The van der Waals surface area contributed by atoms with Crippen LogP contribution >= 0.6 is 13.5 Å². The summed E-state index contributed by atoms with van der Waals surface area (Å²) in [5.41, 5.74) is 4.77. The number of nitriles is 1. The maximum absolute atomic E-state index is 13.7. The van der Waals surface area contributed by atoms with Gasteiger partial charge in [0.2, 0.25) is 0 Å². The van der Waals surface area contributed by atoms with Crippen LogP contribution in [0.5, 0.6) is 0 Å². The van der Waals surface area contributed by atoms with Crippen LogP contribution in [0.2, 0.25) is 0 Å². The first-order chi connectivity index (χ1) is 16.1. The molecule has 5 rings (SSSR count). The van der Waals surface area contributed by atoms with Crippen molar-refractivity contribution in [3.8, 4) is 11.8 Å². The molecule has 0 radical (unpaired) electrons. The van der Waals surface area contributed by atoms with E-state index in [2.05, 4.69) is 22.4 Å². The van der Waals surface area contributed by atoms with E-state index in [1.165, 1.54) is 0 Å². The lowest BCUT2D eigenvalue weighted by Gasteiger charge is -2.23. The Kier molecular flexibility index (Phi) is 6.40. The van der Waals surface area contributed by atoms with Crippen molar-refractivity contribution in [3.63, 3.8) is 0 Å². The molecule has 0 bridgehead atoms. The highest BCUT2D eigenvalue weighted by molar-refractivity contribution is 7.59. The van der Waals surface area contributed by atoms with Gasteiger partial charge in [-0.1, -0.05) is 42.5 Å². The van der Waals surface area contributed by atoms with Crippen molar-refractivity contribution >= 4 is 40.9 Å². The number of nitrogens with one attached hydrogen (secondary N) is 1. The second-order valence-electron chi connectivity index (χ2n) is 8.16. The van der Waals surface area contributed by atoms with Crippen LogP contribution in [0.3, 0.4) is 0 Å². The van der Waals surface area contributed by atoms with Crippen molar-refractivity contribution in [1.82, 2.24) is 9.55 Å². The van der Waals surface area contributed by atoms with Crippen LogP contribution in [0.15, 0.2) is 89.9 Å². The van der Waals surface area contributed by atoms with Crippen molar-refractivity contribution < 1.29 is 0 Å². The number of aromatic nitrogens is 2. The summed E-state index contributed by atoms with van der Waals surface area (Å²) in [6.45, 7) is 4.01. The Morgan fingerprint density at radius 3 is 2.53 bits per heavy atom. The first-order valence-electron chi connectivity index (χ1n) is 10.8. The van der Waals surface area contributed by atoms with Crippen molar-refractivity contribution in [3.05, 3.63) is 112 Å². The number of anilines is 1. The van der Waals surface area contributed by atoms with Crippen LogP contribution in [-0.2, 0) is 0 Å². The third-order valence-electron chi connectivity index (χ3n) is 5.97. The van der Waals surface area contributed by atoms with Gasteiger partial charge in [-0.05, 0) is 61.2 Å². The summed E-state index contributed by atoms with van der Waals surface area (Å²) < 4.78 is 1.79. The first-order valence-corrected chi connectivity index (χ1v) is 10.8. The second kappa shape index (κ2) is 9.42. The maximum Gasteiger partial charge on any atom is 0.263 e. The molecular weight excluding hydrogens is 440 g/mol. The van der Waals surface area contributed by atoms with E-state index in [0.717, 1.165) is 44.3 Å². The lowest BCUT2D eigenvalue weighted by atomic mass is 10.0. The summed E-state index contributed by atoms with van der Waals surface area (Å²) in [6, 6.07) is 27.3. The van der Waals surface area contributed by atoms with Gasteiger partial charge in [-0.15, -0.1) is 0 Å². The zero-order valence-corrected chi connectivity index (χ0v) is 19.9. The molecule has 0 aliphatic carbocycles. The molecule has 1 N–H and O–H groups in total. The Labute approximate surface area is 204 Å². The molecule has 168 valence electrons. The molecular formula is C28H24N4OS. The molecule has 2 aromatic heterocycles. The molecule has 5 nitrogen and oxygen atoms in total. The van der Waals surface area contributed by atoms with E-state index in [-0.39, 0.29) is 25.1 Å². The molecule has 0 aliphatic rings. The van der Waals surface area contributed by atoms with E-state index in [1.54, 1.807) is 10.8 Å². The molecule has 0 amide bonds. The molecule has 3 aromatic carbocycles. The minimum Gasteiger partial charge on any atom is -0.376 e. The number of pyridine rings is 2. The quantitative estimate of drug-likeness (QED) is 0.354. The molecule has 0 saturated heterocycles. The minimum absolute atomic E-state index is 0. The van der Waals surface area contributed by atoms with E-state index in [0.29, 0.717) is 5.56 Å². The fraction of sp³-hybridized carbons (Fsp3) is 0.107. The van der Waals surface area contributed by atoms with Gasteiger partial charge < -0.3 is 5.32 Å². The smallest absolute Gasteiger partial charge is 0.263 e. The minimum atomic E-state index is -0.195. The Balaban J connectivity index is 0.00000274. The third kappa shape index (κ3) is 4.02. The standard InChI is InChI=1S/C28H22N4O.H2S/c1-18-8-6-9-21-15-26(32(28(33)27(18)21)22-10-4-3-5-11-22)19(2)31-25-13-7-12-24-23(25)14-20(16-29)17-30-24;/h3-15,17,19,31H,1-2H3;1H2/t19-;/m0./s1. The van der Waals surface area contributed by atoms with Crippen LogP contribution in [0.4, 0.5) is 5.69 Å². The molecule has 0 fully saturated rings. The van der Waals surface area contributed by atoms with Crippen molar-refractivity contribution in [1.29, 1.82) is 5.26 Å². The number of aryl methyl sites for hydroxylation is 1. The average Bonchev–Trinajstić information content (AvgIpc) is 2.84. The van der Waals surface area contributed by atoms with Crippen molar-refractivity contribution in [2.75, 3.05) is 5.32 Å². The molecule has 1 atom stereocenters. The molecule has 34 heavy (non-hydrogen) atoms. The largest absolute Gasteiger partial charge is 0.376 e. The van der Waals surface area contributed by atoms with Crippen molar-refractivity contribution in [2.45, 2.75) is 19.9 Å². The van der Waals surface area contributed by atoms with Gasteiger partial charge in [0.05, 0.1) is 22.5 Å². The number of hydrogen-bond donors (Lipinski definition) is 1. The van der Waals surface area contributed by atoms with Crippen LogP contribution < -0.4 is 10.9 Å². The summed E-state index contributed by atoms with van der Waals surface area (Å²) in [6.07, 6.45) is 1.58. The number of fused-ring (bicyclic) bond motifs is 2. The zero-order chi connectivity index (χ0) is 22.9. The SMILES string of the molecule is Cc1cccc2cc([C@H](C)Nc3cccc4ncc(C#N)cc34)n(-c3ccccc3)c(=O)c12.S. The number of para-hydroxylation sites is 1. The summed E-state index contributed by atoms with van der Waals surface area (Å²) in [4.78, 5) is 18.1. The lowest BCUT2D eigenvalue weighted by molar-refractivity contribution is 0.778. The predicted molar refractivity (Wildman–Crippen MR) is 143 cm³/mol. The highest BCUT2D eigenvalue weighted by Crippen LogP contribution is 2.29. The molecule has 6 heteroatoms. The Morgan fingerprint density at radius 1 is 1.00 bits per heavy atom. The van der Waals surface area contributed by atoms with Gasteiger partial charge >= 0.3 is 0 Å². The van der Waals surface area contributed by atoms with E-state index in [1.807, 2.05) is 86.6 Å². The Hall–Kier alpha value is -4.08. The van der Waals surface area contributed by atoms with Gasteiger partial charge in [0.1, 0.15) is 6.07 Å². The van der Waals surface area contributed by atoms with E-state index in [4.69, 9.17) is 0 Å². The maximum atomic E-state index is 13.7. The molecule has 0 aliphatic heterocycles. The summed E-state index contributed by atoms with van der Waals surface area (Å²) in [5.74, 6) is 0. The average molecular weight is 465 g/mol. The van der Waals surface area contributed by atoms with Crippen LogP contribution in [-0.4, -0.2) is 9.55 Å². The number of hydrogen-bond acceptors (Lipinski definition) is 4. The van der Waals surface area contributed by atoms with E-state index >= 15 is 0 Å².